The fourth-order valence-electron chi connectivity index (χ4n) is 2.06. The molecule has 0 aliphatic rings. The summed E-state index contributed by atoms with van der Waals surface area (Å²) in [7, 11) is 2.12. The van der Waals surface area contributed by atoms with Gasteiger partial charge in [0.2, 0.25) is 0 Å². The van der Waals surface area contributed by atoms with E-state index < -0.39 is 0 Å². The van der Waals surface area contributed by atoms with E-state index in [1.54, 1.807) is 0 Å². The molecular weight excluding hydrogens is 234 g/mol. The predicted octanol–water partition coefficient (Wildman–Crippen LogP) is 2.98. The highest BCUT2D eigenvalue weighted by Crippen LogP contribution is 2.10. The van der Waals surface area contributed by atoms with Crippen LogP contribution in [0.5, 0.6) is 0 Å². The van der Waals surface area contributed by atoms with Gasteiger partial charge in [0, 0.05) is 31.7 Å². The molecule has 2 rings (SSSR count). The van der Waals surface area contributed by atoms with Crippen molar-refractivity contribution in [1.29, 1.82) is 0 Å². The quantitative estimate of drug-likeness (QED) is 0.822. The average Bonchev–Trinajstić information content (AvgIpc) is 2.42. The predicted molar refractivity (Wildman–Crippen MR) is 77.8 cm³/mol. The average molecular weight is 255 g/mol. The SMILES string of the molecule is CCc1ccc(CN(C)Cc2ccncc2C)nc1. The van der Waals surface area contributed by atoms with Crippen molar-refractivity contribution in [2.24, 2.45) is 0 Å². The van der Waals surface area contributed by atoms with Gasteiger partial charge in [-0.2, -0.15) is 0 Å². The number of rotatable bonds is 5. The first-order valence-corrected chi connectivity index (χ1v) is 6.71. The standard InChI is InChI=1S/C16H21N3/c1-4-14-5-6-16(18-10-14)12-19(3)11-15-7-8-17-9-13(15)2/h5-10H,4,11-12H2,1-3H3. The van der Waals surface area contributed by atoms with Gasteiger partial charge in [-0.15, -0.1) is 0 Å². The molecule has 3 heteroatoms. The van der Waals surface area contributed by atoms with Crippen LogP contribution in [0.1, 0.15) is 29.3 Å². The van der Waals surface area contributed by atoms with E-state index in [0.29, 0.717) is 0 Å². The van der Waals surface area contributed by atoms with Crippen LogP contribution < -0.4 is 0 Å². The molecule has 100 valence electrons. The van der Waals surface area contributed by atoms with E-state index in [1.165, 1.54) is 16.7 Å². The number of aromatic nitrogens is 2. The van der Waals surface area contributed by atoms with Gasteiger partial charge in [-0.05, 0) is 49.2 Å². The van der Waals surface area contributed by atoms with Crippen molar-refractivity contribution in [2.45, 2.75) is 33.4 Å². The van der Waals surface area contributed by atoms with Crippen molar-refractivity contribution < 1.29 is 0 Å². The first kappa shape index (κ1) is 13.7. The number of hydrogen-bond donors (Lipinski definition) is 0. The Morgan fingerprint density at radius 2 is 1.95 bits per heavy atom. The molecular formula is C16H21N3. The highest BCUT2D eigenvalue weighted by Gasteiger charge is 2.05. The second-order valence-electron chi connectivity index (χ2n) is 4.99. The topological polar surface area (TPSA) is 29.0 Å². The number of hydrogen-bond acceptors (Lipinski definition) is 3. The number of nitrogens with zero attached hydrogens (tertiary/aromatic N) is 3. The second-order valence-corrected chi connectivity index (χ2v) is 4.99. The first-order chi connectivity index (χ1) is 9.19. The Kier molecular flexibility index (Phi) is 4.63. The first-order valence-electron chi connectivity index (χ1n) is 6.71. The lowest BCUT2D eigenvalue weighted by atomic mass is 10.1. The smallest absolute Gasteiger partial charge is 0.0544 e. The molecule has 2 heterocycles. The zero-order valence-corrected chi connectivity index (χ0v) is 11.9. The Balaban J connectivity index is 1.97. The molecule has 0 saturated carbocycles. The molecule has 0 aliphatic heterocycles. The summed E-state index contributed by atoms with van der Waals surface area (Å²) in [6, 6.07) is 6.36. The summed E-state index contributed by atoms with van der Waals surface area (Å²) in [5.74, 6) is 0. The summed E-state index contributed by atoms with van der Waals surface area (Å²) >= 11 is 0. The maximum absolute atomic E-state index is 4.50. The van der Waals surface area contributed by atoms with E-state index in [0.717, 1.165) is 25.2 Å². The van der Waals surface area contributed by atoms with Crippen LogP contribution in [0.15, 0.2) is 36.8 Å². The molecule has 2 aromatic heterocycles. The van der Waals surface area contributed by atoms with E-state index in [2.05, 4.69) is 54.0 Å². The van der Waals surface area contributed by atoms with Crippen LogP contribution in [0.4, 0.5) is 0 Å². The lowest BCUT2D eigenvalue weighted by molar-refractivity contribution is 0.314. The molecule has 0 unspecified atom stereocenters. The van der Waals surface area contributed by atoms with E-state index >= 15 is 0 Å². The summed E-state index contributed by atoms with van der Waals surface area (Å²) in [5, 5.41) is 0. The zero-order chi connectivity index (χ0) is 13.7. The minimum atomic E-state index is 0.867. The van der Waals surface area contributed by atoms with Crippen LogP contribution in [-0.4, -0.2) is 21.9 Å². The molecule has 0 fully saturated rings. The van der Waals surface area contributed by atoms with Gasteiger partial charge in [-0.25, -0.2) is 0 Å². The highest BCUT2D eigenvalue weighted by molar-refractivity contribution is 5.21. The van der Waals surface area contributed by atoms with Crippen LogP contribution in [-0.2, 0) is 19.5 Å². The van der Waals surface area contributed by atoms with E-state index in [1.807, 2.05) is 18.6 Å². The summed E-state index contributed by atoms with van der Waals surface area (Å²) in [6.07, 6.45) is 6.78. The van der Waals surface area contributed by atoms with Gasteiger partial charge in [0.15, 0.2) is 0 Å². The maximum Gasteiger partial charge on any atom is 0.0544 e. The molecule has 0 N–H and O–H groups in total. The molecule has 0 bridgehead atoms. The molecule has 2 aromatic rings. The van der Waals surface area contributed by atoms with Crippen molar-refractivity contribution in [1.82, 2.24) is 14.9 Å². The van der Waals surface area contributed by atoms with Gasteiger partial charge < -0.3 is 0 Å². The van der Waals surface area contributed by atoms with Crippen molar-refractivity contribution in [2.75, 3.05) is 7.05 Å². The van der Waals surface area contributed by atoms with Crippen LogP contribution in [0, 0.1) is 6.92 Å². The number of pyridine rings is 2. The van der Waals surface area contributed by atoms with Gasteiger partial charge >= 0.3 is 0 Å². The van der Waals surface area contributed by atoms with Gasteiger partial charge in [-0.1, -0.05) is 13.0 Å². The third-order valence-electron chi connectivity index (χ3n) is 3.30. The Labute approximate surface area is 115 Å². The molecule has 0 aromatic carbocycles. The number of aryl methyl sites for hydroxylation is 2. The third kappa shape index (κ3) is 3.86. The van der Waals surface area contributed by atoms with Gasteiger partial charge in [0.1, 0.15) is 0 Å². The Morgan fingerprint density at radius 3 is 2.58 bits per heavy atom. The van der Waals surface area contributed by atoms with E-state index in [-0.39, 0.29) is 0 Å². The van der Waals surface area contributed by atoms with Crippen LogP contribution in [0.3, 0.4) is 0 Å². The van der Waals surface area contributed by atoms with Crippen molar-refractivity contribution >= 4 is 0 Å². The largest absolute Gasteiger partial charge is 0.296 e. The molecule has 0 radical (unpaired) electrons. The molecule has 0 amide bonds. The Hall–Kier alpha value is -1.74. The Bertz CT molecular complexity index is 520. The minimum absolute atomic E-state index is 0.867. The van der Waals surface area contributed by atoms with Gasteiger partial charge in [0.25, 0.3) is 0 Å². The van der Waals surface area contributed by atoms with Crippen molar-refractivity contribution in [3.63, 3.8) is 0 Å². The summed E-state index contributed by atoms with van der Waals surface area (Å²) < 4.78 is 0. The fourth-order valence-corrected chi connectivity index (χ4v) is 2.06. The second kappa shape index (κ2) is 6.43. The fraction of sp³-hybridized carbons (Fsp3) is 0.375. The van der Waals surface area contributed by atoms with Crippen LogP contribution in [0.2, 0.25) is 0 Å². The van der Waals surface area contributed by atoms with Gasteiger partial charge in [-0.3, -0.25) is 14.9 Å². The minimum Gasteiger partial charge on any atom is -0.296 e. The molecule has 0 spiro atoms. The lowest BCUT2D eigenvalue weighted by Crippen LogP contribution is -2.18. The Morgan fingerprint density at radius 1 is 1.11 bits per heavy atom. The maximum atomic E-state index is 4.50. The highest BCUT2D eigenvalue weighted by atomic mass is 15.1. The molecule has 19 heavy (non-hydrogen) atoms. The monoisotopic (exact) mass is 255 g/mol. The molecule has 0 saturated heterocycles. The summed E-state index contributed by atoms with van der Waals surface area (Å²) in [5.41, 5.74) is 4.97. The lowest BCUT2D eigenvalue weighted by Gasteiger charge is -2.17. The van der Waals surface area contributed by atoms with Crippen molar-refractivity contribution in [3.8, 4) is 0 Å². The zero-order valence-electron chi connectivity index (χ0n) is 11.9. The normalized spacial score (nSPS) is 10.9. The molecule has 3 nitrogen and oxygen atoms in total. The van der Waals surface area contributed by atoms with E-state index in [4.69, 9.17) is 0 Å². The molecule has 0 aliphatic carbocycles. The van der Waals surface area contributed by atoms with Gasteiger partial charge in [0.05, 0.1) is 5.69 Å². The molecule has 0 atom stereocenters. The summed E-state index contributed by atoms with van der Waals surface area (Å²) in [6.45, 7) is 6.04. The van der Waals surface area contributed by atoms with E-state index in [9.17, 15) is 0 Å². The summed E-state index contributed by atoms with van der Waals surface area (Å²) in [4.78, 5) is 10.9. The van der Waals surface area contributed by atoms with Crippen molar-refractivity contribution in [3.05, 3.63) is 59.2 Å². The van der Waals surface area contributed by atoms with Crippen LogP contribution in [0.25, 0.3) is 0 Å². The van der Waals surface area contributed by atoms with Crippen LogP contribution >= 0.6 is 0 Å². The third-order valence-corrected chi connectivity index (χ3v) is 3.30.